The summed E-state index contributed by atoms with van der Waals surface area (Å²) in [5, 5.41) is 1.76. The van der Waals surface area contributed by atoms with Gasteiger partial charge in [0.2, 0.25) is 0 Å². The Balaban J connectivity index is 1.76. The molecule has 1 aromatic heterocycles. The fraction of sp³-hybridized carbons (Fsp3) is 0.375. The molecule has 24 heavy (non-hydrogen) atoms. The minimum Gasteiger partial charge on any atom is -0.495 e. The standard InChI is InChI=1S/C16H19BrN2O3S2/c1-22-15-7-3-2-6-14(15)19-9-4-5-12(11-19)18-24(20,21)16-13(17)8-10-23-16/h2-3,6-8,10,12,18H,4-5,9,11H2,1H3. The number of benzene rings is 1. The van der Waals surface area contributed by atoms with Gasteiger partial charge in [-0.15, -0.1) is 11.3 Å². The molecule has 0 saturated carbocycles. The highest BCUT2D eigenvalue weighted by atomic mass is 79.9. The van der Waals surface area contributed by atoms with Crippen LogP contribution >= 0.6 is 27.3 Å². The minimum atomic E-state index is -3.50. The van der Waals surface area contributed by atoms with Gasteiger partial charge >= 0.3 is 0 Å². The normalized spacial score (nSPS) is 18.6. The van der Waals surface area contributed by atoms with Crippen molar-refractivity contribution in [1.29, 1.82) is 0 Å². The summed E-state index contributed by atoms with van der Waals surface area (Å²) < 4.78 is 34.4. The Morgan fingerprint density at radius 3 is 2.83 bits per heavy atom. The predicted octanol–water partition coefficient (Wildman–Crippen LogP) is 3.47. The van der Waals surface area contributed by atoms with Crippen LogP contribution in [-0.2, 0) is 10.0 Å². The lowest BCUT2D eigenvalue weighted by Crippen LogP contribution is -2.47. The molecule has 130 valence electrons. The lowest BCUT2D eigenvalue weighted by Gasteiger charge is -2.35. The van der Waals surface area contributed by atoms with Crippen molar-refractivity contribution in [2.75, 3.05) is 25.1 Å². The average molecular weight is 431 g/mol. The first-order valence-electron chi connectivity index (χ1n) is 7.64. The van der Waals surface area contributed by atoms with Crippen LogP contribution in [-0.4, -0.2) is 34.7 Å². The molecule has 1 aliphatic rings. The van der Waals surface area contributed by atoms with Crippen LogP contribution in [0.3, 0.4) is 0 Å². The highest BCUT2D eigenvalue weighted by molar-refractivity contribution is 9.10. The van der Waals surface area contributed by atoms with E-state index in [2.05, 4.69) is 25.6 Å². The lowest BCUT2D eigenvalue weighted by atomic mass is 10.1. The van der Waals surface area contributed by atoms with Gasteiger partial charge in [0.15, 0.2) is 0 Å². The second-order valence-corrected chi connectivity index (χ2v) is 9.31. The van der Waals surface area contributed by atoms with Gasteiger partial charge in [0.1, 0.15) is 9.96 Å². The molecule has 0 spiro atoms. The second-order valence-electron chi connectivity index (χ2n) is 5.63. The Labute approximate surface area is 154 Å². The number of piperidine rings is 1. The lowest BCUT2D eigenvalue weighted by molar-refractivity contribution is 0.409. The molecule has 3 rings (SSSR count). The summed E-state index contributed by atoms with van der Waals surface area (Å²) in [6, 6.07) is 9.45. The van der Waals surface area contributed by atoms with Crippen LogP contribution in [0, 0.1) is 0 Å². The molecule has 5 nitrogen and oxygen atoms in total. The van der Waals surface area contributed by atoms with E-state index >= 15 is 0 Å². The zero-order chi connectivity index (χ0) is 17.2. The van der Waals surface area contributed by atoms with Crippen molar-refractivity contribution in [2.24, 2.45) is 0 Å². The van der Waals surface area contributed by atoms with E-state index in [-0.39, 0.29) is 6.04 Å². The number of nitrogens with one attached hydrogen (secondary N) is 1. The number of halogens is 1. The summed E-state index contributed by atoms with van der Waals surface area (Å²) in [4.78, 5) is 2.18. The topological polar surface area (TPSA) is 58.6 Å². The van der Waals surface area contributed by atoms with E-state index in [1.807, 2.05) is 24.3 Å². The number of hydrogen-bond donors (Lipinski definition) is 1. The number of methoxy groups -OCH3 is 1. The number of anilines is 1. The third kappa shape index (κ3) is 3.77. The van der Waals surface area contributed by atoms with Gasteiger partial charge in [0.05, 0.1) is 12.8 Å². The van der Waals surface area contributed by atoms with Gasteiger partial charge in [-0.1, -0.05) is 12.1 Å². The summed E-state index contributed by atoms with van der Waals surface area (Å²) in [6.45, 7) is 1.52. The van der Waals surface area contributed by atoms with Gasteiger partial charge < -0.3 is 9.64 Å². The number of ether oxygens (including phenoxy) is 1. The summed E-state index contributed by atoms with van der Waals surface area (Å²) in [5.41, 5.74) is 1.00. The number of hydrogen-bond acceptors (Lipinski definition) is 5. The number of rotatable bonds is 5. The van der Waals surface area contributed by atoms with Crippen molar-refractivity contribution in [3.63, 3.8) is 0 Å². The molecule has 1 fully saturated rings. The SMILES string of the molecule is COc1ccccc1N1CCCC(NS(=O)(=O)c2sccc2Br)C1. The van der Waals surface area contributed by atoms with Crippen LogP contribution < -0.4 is 14.4 Å². The van der Waals surface area contributed by atoms with Crippen molar-refractivity contribution in [3.8, 4) is 5.75 Å². The third-order valence-electron chi connectivity index (χ3n) is 4.00. The molecule has 2 heterocycles. The monoisotopic (exact) mass is 430 g/mol. The zero-order valence-electron chi connectivity index (χ0n) is 13.2. The number of sulfonamides is 1. The molecule has 1 atom stereocenters. The third-order valence-corrected chi connectivity index (χ3v) is 8.19. The maximum Gasteiger partial charge on any atom is 0.251 e. The van der Waals surface area contributed by atoms with E-state index in [1.54, 1.807) is 18.6 Å². The molecule has 1 N–H and O–H groups in total. The van der Waals surface area contributed by atoms with Gasteiger partial charge in [0, 0.05) is 23.6 Å². The van der Waals surface area contributed by atoms with Crippen molar-refractivity contribution in [1.82, 2.24) is 4.72 Å². The van der Waals surface area contributed by atoms with E-state index in [4.69, 9.17) is 4.74 Å². The van der Waals surface area contributed by atoms with Gasteiger partial charge in [-0.25, -0.2) is 13.1 Å². The highest BCUT2D eigenvalue weighted by Crippen LogP contribution is 2.31. The Morgan fingerprint density at radius 1 is 1.33 bits per heavy atom. The largest absolute Gasteiger partial charge is 0.495 e. The van der Waals surface area contributed by atoms with Crippen molar-refractivity contribution in [2.45, 2.75) is 23.1 Å². The maximum atomic E-state index is 12.6. The molecular formula is C16H19BrN2O3S2. The van der Waals surface area contributed by atoms with Gasteiger partial charge in [-0.2, -0.15) is 0 Å². The Bertz CT molecular complexity index is 807. The number of para-hydroxylation sites is 2. The Kier molecular flexibility index (Phi) is 5.49. The molecule has 8 heteroatoms. The van der Waals surface area contributed by atoms with E-state index in [0.717, 1.165) is 30.8 Å². The fourth-order valence-electron chi connectivity index (χ4n) is 2.93. The first-order valence-corrected chi connectivity index (χ1v) is 10.8. The van der Waals surface area contributed by atoms with E-state index in [9.17, 15) is 8.42 Å². The zero-order valence-corrected chi connectivity index (χ0v) is 16.5. The van der Waals surface area contributed by atoms with E-state index in [1.165, 1.54) is 11.3 Å². The molecule has 0 amide bonds. The van der Waals surface area contributed by atoms with Crippen LogP contribution in [0.1, 0.15) is 12.8 Å². The van der Waals surface area contributed by atoms with Crippen molar-refractivity contribution < 1.29 is 13.2 Å². The first kappa shape index (κ1) is 17.7. The van der Waals surface area contributed by atoms with Crippen molar-refractivity contribution in [3.05, 3.63) is 40.2 Å². The van der Waals surface area contributed by atoms with Gasteiger partial charge in [0.25, 0.3) is 10.0 Å². The quantitative estimate of drug-likeness (QED) is 0.788. The van der Waals surface area contributed by atoms with Crippen LogP contribution in [0.25, 0.3) is 0 Å². The molecule has 1 aromatic carbocycles. The predicted molar refractivity (Wildman–Crippen MR) is 101 cm³/mol. The molecule has 1 saturated heterocycles. The van der Waals surface area contributed by atoms with Crippen LogP contribution in [0.2, 0.25) is 0 Å². The Hall–Kier alpha value is -1.09. The number of thiophene rings is 1. The minimum absolute atomic E-state index is 0.123. The summed E-state index contributed by atoms with van der Waals surface area (Å²) in [7, 11) is -1.85. The molecule has 1 unspecified atom stereocenters. The van der Waals surface area contributed by atoms with Crippen LogP contribution in [0.4, 0.5) is 5.69 Å². The molecule has 1 aliphatic heterocycles. The Morgan fingerprint density at radius 2 is 2.12 bits per heavy atom. The molecular weight excluding hydrogens is 412 g/mol. The first-order chi connectivity index (χ1) is 11.5. The number of nitrogens with zero attached hydrogens (tertiary/aromatic N) is 1. The van der Waals surface area contributed by atoms with Crippen LogP contribution in [0.5, 0.6) is 5.75 Å². The highest BCUT2D eigenvalue weighted by Gasteiger charge is 2.28. The van der Waals surface area contributed by atoms with Gasteiger partial charge in [-0.05, 0) is 52.4 Å². The molecule has 0 aliphatic carbocycles. The summed E-state index contributed by atoms with van der Waals surface area (Å²) >= 11 is 4.52. The molecule has 0 bridgehead atoms. The molecule has 0 radical (unpaired) electrons. The van der Waals surface area contributed by atoms with E-state index < -0.39 is 10.0 Å². The van der Waals surface area contributed by atoms with Crippen molar-refractivity contribution >= 4 is 43.0 Å². The molecule has 2 aromatic rings. The fourth-order valence-corrected chi connectivity index (χ4v) is 6.54. The summed E-state index contributed by atoms with van der Waals surface area (Å²) in [6.07, 6.45) is 1.75. The summed E-state index contributed by atoms with van der Waals surface area (Å²) in [5.74, 6) is 0.807. The van der Waals surface area contributed by atoms with E-state index in [0.29, 0.717) is 15.2 Å². The van der Waals surface area contributed by atoms with Crippen LogP contribution in [0.15, 0.2) is 44.4 Å². The van der Waals surface area contributed by atoms with Gasteiger partial charge in [-0.3, -0.25) is 0 Å². The second kappa shape index (κ2) is 7.43. The maximum absolute atomic E-state index is 12.6. The smallest absolute Gasteiger partial charge is 0.251 e. The average Bonchev–Trinajstić information content (AvgIpc) is 3.02.